The first-order chi connectivity index (χ1) is 14.1. The lowest BCUT2D eigenvalue weighted by Crippen LogP contribution is -2.39. The summed E-state index contributed by atoms with van der Waals surface area (Å²) in [6, 6.07) is 16.0. The molecule has 1 aliphatic rings. The number of benzene rings is 2. The molecule has 2 aromatic carbocycles. The number of para-hydroxylation sites is 1. The predicted octanol–water partition coefficient (Wildman–Crippen LogP) is 2.44. The summed E-state index contributed by atoms with van der Waals surface area (Å²) in [5.74, 6) is -0.0255. The van der Waals surface area contributed by atoms with E-state index in [1.807, 2.05) is 30.0 Å². The number of hydrogen-bond acceptors (Lipinski definition) is 4. The van der Waals surface area contributed by atoms with E-state index in [9.17, 15) is 9.59 Å². The maximum atomic E-state index is 12.9. The van der Waals surface area contributed by atoms with Gasteiger partial charge in [-0.2, -0.15) is 0 Å². The maximum absolute atomic E-state index is 12.9. The summed E-state index contributed by atoms with van der Waals surface area (Å²) in [6.07, 6.45) is 2.43. The Labute approximate surface area is 170 Å². The molecule has 0 bridgehead atoms. The zero-order valence-electron chi connectivity index (χ0n) is 16.8. The van der Waals surface area contributed by atoms with Gasteiger partial charge in [-0.05, 0) is 30.5 Å². The minimum absolute atomic E-state index is 0.0255. The van der Waals surface area contributed by atoms with Crippen molar-refractivity contribution in [2.45, 2.75) is 26.4 Å². The summed E-state index contributed by atoms with van der Waals surface area (Å²) in [5.41, 5.74) is 2.79. The Kier molecular flexibility index (Phi) is 5.71. The van der Waals surface area contributed by atoms with Crippen LogP contribution in [0, 0.1) is 6.92 Å². The second-order valence-corrected chi connectivity index (χ2v) is 7.64. The lowest BCUT2D eigenvalue weighted by Gasteiger charge is -2.22. The SMILES string of the molecule is Cc1cccc2c(=O)n(CC(=O)N3CCCN(Cc4ccccc4)CC3)cnc12. The van der Waals surface area contributed by atoms with E-state index in [-0.39, 0.29) is 18.0 Å². The molecule has 1 aromatic heterocycles. The number of aromatic nitrogens is 2. The third-order valence-electron chi connectivity index (χ3n) is 5.55. The van der Waals surface area contributed by atoms with Crippen molar-refractivity contribution in [3.63, 3.8) is 0 Å². The van der Waals surface area contributed by atoms with Gasteiger partial charge in [0.2, 0.25) is 5.91 Å². The molecule has 1 fully saturated rings. The first-order valence-electron chi connectivity index (χ1n) is 10.1. The van der Waals surface area contributed by atoms with Gasteiger partial charge in [-0.1, -0.05) is 42.5 Å². The molecular formula is C23H26N4O2. The third-order valence-corrected chi connectivity index (χ3v) is 5.55. The summed E-state index contributed by atoms with van der Waals surface area (Å²) in [6.45, 7) is 6.08. The Hall–Kier alpha value is -2.99. The summed E-state index contributed by atoms with van der Waals surface area (Å²) in [4.78, 5) is 34.3. The summed E-state index contributed by atoms with van der Waals surface area (Å²) in [7, 11) is 0. The fourth-order valence-corrected chi connectivity index (χ4v) is 3.92. The molecular weight excluding hydrogens is 364 g/mol. The van der Waals surface area contributed by atoms with Crippen molar-refractivity contribution in [3.05, 3.63) is 76.3 Å². The van der Waals surface area contributed by atoms with Crippen molar-refractivity contribution in [1.29, 1.82) is 0 Å². The van der Waals surface area contributed by atoms with Crippen LogP contribution in [0.25, 0.3) is 10.9 Å². The van der Waals surface area contributed by atoms with Gasteiger partial charge in [-0.3, -0.25) is 19.1 Å². The highest BCUT2D eigenvalue weighted by atomic mass is 16.2. The van der Waals surface area contributed by atoms with E-state index < -0.39 is 0 Å². The van der Waals surface area contributed by atoms with Crippen molar-refractivity contribution < 1.29 is 4.79 Å². The number of rotatable bonds is 4. The average Bonchev–Trinajstić information content (AvgIpc) is 2.97. The molecule has 0 N–H and O–H groups in total. The number of carbonyl (C=O) groups is 1. The molecule has 3 aromatic rings. The number of hydrogen-bond donors (Lipinski definition) is 0. The van der Waals surface area contributed by atoms with Gasteiger partial charge in [0.1, 0.15) is 6.54 Å². The quantitative estimate of drug-likeness (QED) is 0.687. The maximum Gasteiger partial charge on any atom is 0.261 e. The van der Waals surface area contributed by atoms with Crippen LogP contribution in [-0.2, 0) is 17.9 Å². The van der Waals surface area contributed by atoms with E-state index in [0.717, 1.165) is 38.2 Å². The van der Waals surface area contributed by atoms with Crippen molar-refractivity contribution in [1.82, 2.24) is 19.4 Å². The second kappa shape index (κ2) is 8.57. The molecule has 0 saturated carbocycles. The van der Waals surface area contributed by atoms with Gasteiger partial charge in [-0.15, -0.1) is 0 Å². The number of amides is 1. The zero-order chi connectivity index (χ0) is 20.2. The predicted molar refractivity (Wildman–Crippen MR) is 114 cm³/mol. The summed E-state index contributed by atoms with van der Waals surface area (Å²) >= 11 is 0. The van der Waals surface area contributed by atoms with Crippen LogP contribution < -0.4 is 5.56 Å². The molecule has 4 rings (SSSR count). The molecule has 150 valence electrons. The molecule has 0 unspecified atom stereocenters. The highest BCUT2D eigenvalue weighted by Gasteiger charge is 2.20. The Morgan fingerprint density at radius 2 is 1.83 bits per heavy atom. The Morgan fingerprint density at radius 3 is 2.66 bits per heavy atom. The molecule has 2 heterocycles. The summed E-state index contributed by atoms with van der Waals surface area (Å²) < 4.78 is 1.43. The van der Waals surface area contributed by atoms with Gasteiger partial charge in [0.15, 0.2) is 0 Å². The van der Waals surface area contributed by atoms with E-state index in [2.05, 4.69) is 34.1 Å². The molecule has 0 radical (unpaired) electrons. The highest BCUT2D eigenvalue weighted by Crippen LogP contribution is 2.12. The Balaban J connectivity index is 1.42. The number of nitrogens with zero attached hydrogens (tertiary/aromatic N) is 4. The largest absolute Gasteiger partial charge is 0.340 e. The Bertz CT molecular complexity index is 1060. The normalized spacial score (nSPS) is 15.4. The van der Waals surface area contributed by atoms with Crippen molar-refractivity contribution in [2.75, 3.05) is 26.2 Å². The molecule has 1 saturated heterocycles. The molecule has 0 aliphatic carbocycles. The number of fused-ring (bicyclic) bond motifs is 1. The van der Waals surface area contributed by atoms with Crippen molar-refractivity contribution in [2.24, 2.45) is 0 Å². The minimum Gasteiger partial charge on any atom is -0.340 e. The fraction of sp³-hybridized carbons (Fsp3) is 0.348. The van der Waals surface area contributed by atoms with Gasteiger partial charge in [0.25, 0.3) is 5.56 Å². The van der Waals surface area contributed by atoms with Gasteiger partial charge >= 0.3 is 0 Å². The van der Waals surface area contributed by atoms with E-state index >= 15 is 0 Å². The molecule has 29 heavy (non-hydrogen) atoms. The van der Waals surface area contributed by atoms with Gasteiger partial charge in [-0.25, -0.2) is 4.98 Å². The fourth-order valence-electron chi connectivity index (χ4n) is 3.92. The lowest BCUT2D eigenvalue weighted by atomic mass is 10.1. The Morgan fingerprint density at radius 1 is 1.00 bits per heavy atom. The van der Waals surface area contributed by atoms with E-state index in [1.165, 1.54) is 16.5 Å². The molecule has 0 spiro atoms. The molecule has 1 amide bonds. The smallest absolute Gasteiger partial charge is 0.261 e. The first kappa shape index (κ1) is 19.3. The molecule has 0 atom stereocenters. The van der Waals surface area contributed by atoms with Gasteiger partial charge < -0.3 is 4.90 Å². The number of carbonyl (C=O) groups excluding carboxylic acids is 1. The van der Waals surface area contributed by atoms with E-state index in [4.69, 9.17) is 0 Å². The molecule has 6 nitrogen and oxygen atoms in total. The summed E-state index contributed by atoms with van der Waals surface area (Å²) in [5, 5.41) is 0.560. The van der Waals surface area contributed by atoms with Gasteiger partial charge in [0, 0.05) is 32.7 Å². The van der Waals surface area contributed by atoms with Gasteiger partial charge in [0.05, 0.1) is 17.2 Å². The van der Waals surface area contributed by atoms with Crippen LogP contribution in [0.2, 0.25) is 0 Å². The van der Waals surface area contributed by atoms with Crippen molar-refractivity contribution >= 4 is 16.8 Å². The lowest BCUT2D eigenvalue weighted by molar-refractivity contribution is -0.131. The van der Waals surface area contributed by atoms with Crippen LogP contribution in [0.15, 0.2) is 59.7 Å². The average molecular weight is 390 g/mol. The number of aryl methyl sites for hydroxylation is 1. The van der Waals surface area contributed by atoms with Crippen LogP contribution in [0.4, 0.5) is 0 Å². The standard InChI is InChI=1S/C23H26N4O2/c1-18-7-5-10-20-22(18)24-17-27(23(20)29)16-21(28)26-12-6-11-25(13-14-26)15-19-8-3-2-4-9-19/h2-5,7-10,17H,6,11-16H2,1H3. The van der Waals surface area contributed by atoms with Crippen LogP contribution in [0.1, 0.15) is 17.5 Å². The molecule has 6 heteroatoms. The van der Waals surface area contributed by atoms with Crippen LogP contribution in [0.3, 0.4) is 0 Å². The van der Waals surface area contributed by atoms with E-state index in [0.29, 0.717) is 17.4 Å². The monoisotopic (exact) mass is 390 g/mol. The van der Waals surface area contributed by atoms with Crippen LogP contribution in [-0.4, -0.2) is 51.4 Å². The molecule has 1 aliphatic heterocycles. The highest BCUT2D eigenvalue weighted by molar-refractivity contribution is 5.81. The van der Waals surface area contributed by atoms with Crippen LogP contribution in [0.5, 0.6) is 0 Å². The van der Waals surface area contributed by atoms with Crippen LogP contribution >= 0.6 is 0 Å². The van der Waals surface area contributed by atoms with Crippen molar-refractivity contribution in [3.8, 4) is 0 Å². The topological polar surface area (TPSA) is 58.4 Å². The second-order valence-electron chi connectivity index (χ2n) is 7.64. The van der Waals surface area contributed by atoms with E-state index in [1.54, 1.807) is 6.07 Å². The third kappa shape index (κ3) is 4.38. The zero-order valence-corrected chi connectivity index (χ0v) is 16.8. The minimum atomic E-state index is -0.160. The first-order valence-corrected chi connectivity index (χ1v) is 10.1.